The number of rotatable bonds is 9. The molecule has 154 valence electrons. The molecule has 1 fully saturated rings. The minimum Gasteiger partial charge on any atom is -0.496 e. The quantitative estimate of drug-likeness (QED) is 0.653. The third-order valence-corrected chi connectivity index (χ3v) is 5.06. The number of amides is 1. The van der Waals surface area contributed by atoms with E-state index in [-0.39, 0.29) is 25.0 Å². The Morgan fingerprint density at radius 1 is 0.931 bits per heavy atom. The first-order valence-corrected chi connectivity index (χ1v) is 9.32. The molecule has 0 heterocycles. The molecule has 0 saturated heterocycles. The minimum atomic E-state index is -0.603. The van der Waals surface area contributed by atoms with Gasteiger partial charge in [-0.1, -0.05) is 30.3 Å². The molecule has 1 saturated carbocycles. The lowest BCUT2D eigenvalue weighted by Crippen LogP contribution is -2.31. The van der Waals surface area contributed by atoms with E-state index >= 15 is 0 Å². The fourth-order valence-corrected chi connectivity index (χ4v) is 3.24. The Balaban J connectivity index is 1.56. The molecule has 0 radical (unpaired) electrons. The van der Waals surface area contributed by atoms with Crippen molar-refractivity contribution in [3.8, 4) is 17.2 Å². The van der Waals surface area contributed by atoms with Gasteiger partial charge in [-0.05, 0) is 24.5 Å². The standard InChI is InChI=1S/C22H25NO6/c1-26-17-12-19(28-3)18(27-2)11-15(17)13-23-20(24)14-29-21(25)22(9-10-22)16-7-5-4-6-8-16/h4-8,11-12H,9-10,13-14H2,1-3H3,(H,23,24). The number of benzene rings is 2. The zero-order valence-corrected chi connectivity index (χ0v) is 16.8. The second-order valence-corrected chi connectivity index (χ2v) is 6.82. The molecule has 3 rings (SSSR count). The first kappa shape index (κ1) is 20.5. The summed E-state index contributed by atoms with van der Waals surface area (Å²) in [7, 11) is 4.61. The summed E-state index contributed by atoms with van der Waals surface area (Å²) >= 11 is 0. The predicted molar refractivity (Wildman–Crippen MR) is 106 cm³/mol. The zero-order valence-electron chi connectivity index (χ0n) is 16.8. The van der Waals surface area contributed by atoms with E-state index in [2.05, 4.69) is 5.32 Å². The SMILES string of the molecule is COc1cc(OC)c(OC)cc1CNC(=O)COC(=O)C1(c2ccccc2)CC1. The van der Waals surface area contributed by atoms with Gasteiger partial charge in [-0.25, -0.2) is 0 Å². The van der Waals surface area contributed by atoms with Gasteiger partial charge in [-0.3, -0.25) is 9.59 Å². The highest BCUT2D eigenvalue weighted by Crippen LogP contribution is 2.49. The topological polar surface area (TPSA) is 83.1 Å². The Bertz CT molecular complexity index is 876. The summed E-state index contributed by atoms with van der Waals surface area (Å²) in [6.07, 6.45) is 1.47. The monoisotopic (exact) mass is 399 g/mol. The number of carbonyl (C=O) groups excluding carboxylic acids is 2. The predicted octanol–water partition coefficient (Wildman–Crippen LogP) is 2.60. The largest absolute Gasteiger partial charge is 0.496 e. The van der Waals surface area contributed by atoms with Gasteiger partial charge in [-0.15, -0.1) is 0 Å². The van der Waals surface area contributed by atoms with E-state index in [4.69, 9.17) is 18.9 Å². The molecular weight excluding hydrogens is 374 g/mol. The summed E-state index contributed by atoms with van der Waals surface area (Å²) in [5.74, 6) is 0.870. The molecule has 1 aliphatic carbocycles. The van der Waals surface area contributed by atoms with E-state index in [0.717, 1.165) is 18.4 Å². The zero-order chi connectivity index (χ0) is 20.9. The van der Waals surface area contributed by atoms with Crippen LogP contribution in [0, 0.1) is 0 Å². The van der Waals surface area contributed by atoms with Crippen molar-refractivity contribution in [2.24, 2.45) is 0 Å². The number of carbonyl (C=O) groups is 2. The molecule has 1 amide bonds. The van der Waals surface area contributed by atoms with Crippen LogP contribution < -0.4 is 19.5 Å². The van der Waals surface area contributed by atoms with Crippen LogP contribution in [0.2, 0.25) is 0 Å². The van der Waals surface area contributed by atoms with Crippen LogP contribution in [0.5, 0.6) is 17.2 Å². The molecule has 0 atom stereocenters. The first-order chi connectivity index (χ1) is 14.0. The maximum atomic E-state index is 12.5. The second-order valence-electron chi connectivity index (χ2n) is 6.82. The van der Waals surface area contributed by atoms with Gasteiger partial charge in [0.25, 0.3) is 5.91 Å². The average Bonchev–Trinajstić information content (AvgIpc) is 3.58. The fraction of sp³-hybridized carbons (Fsp3) is 0.364. The van der Waals surface area contributed by atoms with Crippen LogP contribution in [-0.2, 0) is 26.3 Å². The number of hydrogen-bond donors (Lipinski definition) is 1. The van der Waals surface area contributed by atoms with Gasteiger partial charge in [-0.2, -0.15) is 0 Å². The third kappa shape index (κ3) is 4.45. The highest BCUT2D eigenvalue weighted by molar-refractivity contribution is 5.89. The number of hydrogen-bond acceptors (Lipinski definition) is 6. The summed E-state index contributed by atoms with van der Waals surface area (Å²) < 4.78 is 21.2. The van der Waals surface area contributed by atoms with Crippen molar-refractivity contribution in [3.05, 3.63) is 53.6 Å². The van der Waals surface area contributed by atoms with E-state index in [1.807, 2.05) is 30.3 Å². The summed E-state index contributed by atoms with van der Waals surface area (Å²) in [6, 6.07) is 12.9. The maximum Gasteiger partial charge on any atom is 0.317 e. The van der Waals surface area contributed by atoms with Gasteiger partial charge in [0.15, 0.2) is 18.1 Å². The highest BCUT2D eigenvalue weighted by atomic mass is 16.5. The summed E-state index contributed by atoms with van der Waals surface area (Å²) in [6.45, 7) is -0.132. The molecule has 7 nitrogen and oxygen atoms in total. The van der Waals surface area contributed by atoms with Gasteiger partial charge in [0.1, 0.15) is 5.75 Å². The lowest BCUT2D eigenvalue weighted by atomic mass is 9.96. The molecule has 1 aliphatic rings. The molecule has 2 aromatic carbocycles. The van der Waals surface area contributed by atoms with Crippen molar-refractivity contribution < 1.29 is 28.5 Å². The third-order valence-electron chi connectivity index (χ3n) is 5.06. The van der Waals surface area contributed by atoms with Crippen LogP contribution in [0.15, 0.2) is 42.5 Å². The van der Waals surface area contributed by atoms with Gasteiger partial charge >= 0.3 is 5.97 Å². The lowest BCUT2D eigenvalue weighted by Gasteiger charge is -2.16. The van der Waals surface area contributed by atoms with E-state index in [0.29, 0.717) is 22.8 Å². The highest BCUT2D eigenvalue weighted by Gasteiger charge is 2.52. The van der Waals surface area contributed by atoms with Crippen LogP contribution in [0.25, 0.3) is 0 Å². The molecule has 29 heavy (non-hydrogen) atoms. The number of ether oxygens (including phenoxy) is 4. The molecule has 7 heteroatoms. The van der Waals surface area contributed by atoms with Gasteiger partial charge in [0.2, 0.25) is 0 Å². The van der Waals surface area contributed by atoms with Crippen molar-refractivity contribution in [3.63, 3.8) is 0 Å². The Morgan fingerprint density at radius 3 is 2.14 bits per heavy atom. The van der Waals surface area contributed by atoms with Crippen LogP contribution in [0.1, 0.15) is 24.0 Å². The van der Waals surface area contributed by atoms with E-state index in [9.17, 15) is 9.59 Å². The Labute approximate surface area is 169 Å². The van der Waals surface area contributed by atoms with Crippen molar-refractivity contribution in [1.29, 1.82) is 0 Å². The van der Waals surface area contributed by atoms with Crippen LogP contribution in [-0.4, -0.2) is 39.8 Å². The molecule has 1 N–H and O–H groups in total. The van der Waals surface area contributed by atoms with Crippen molar-refractivity contribution in [2.75, 3.05) is 27.9 Å². The fourth-order valence-electron chi connectivity index (χ4n) is 3.24. The smallest absolute Gasteiger partial charge is 0.317 e. The molecule has 0 bridgehead atoms. The van der Waals surface area contributed by atoms with Crippen molar-refractivity contribution >= 4 is 11.9 Å². The Hall–Kier alpha value is -3.22. The maximum absolute atomic E-state index is 12.5. The van der Waals surface area contributed by atoms with E-state index < -0.39 is 5.41 Å². The summed E-state index contributed by atoms with van der Waals surface area (Å²) in [5.41, 5.74) is 1.04. The van der Waals surface area contributed by atoms with Gasteiger partial charge in [0, 0.05) is 18.2 Å². The van der Waals surface area contributed by atoms with Gasteiger partial charge < -0.3 is 24.3 Å². The first-order valence-electron chi connectivity index (χ1n) is 9.32. The summed E-state index contributed by atoms with van der Waals surface area (Å²) in [5, 5.41) is 2.74. The van der Waals surface area contributed by atoms with Crippen molar-refractivity contribution in [1.82, 2.24) is 5.32 Å². The summed E-state index contributed by atoms with van der Waals surface area (Å²) in [4.78, 5) is 24.7. The van der Waals surface area contributed by atoms with E-state index in [1.54, 1.807) is 12.1 Å². The van der Waals surface area contributed by atoms with Crippen molar-refractivity contribution in [2.45, 2.75) is 24.8 Å². The van der Waals surface area contributed by atoms with E-state index in [1.165, 1.54) is 21.3 Å². The number of nitrogens with one attached hydrogen (secondary N) is 1. The Kier molecular flexibility index (Phi) is 6.26. The second kappa shape index (κ2) is 8.86. The average molecular weight is 399 g/mol. The molecule has 0 unspecified atom stereocenters. The molecule has 0 aliphatic heterocycles. The van der Waals surface area contributed by atoms with Crippen LogP contribution in [0.4, 0.5) is 0 Å². The van der Waals surface area contributed by atoms with Gasteiger partial charge in [0.05, 0.1) is 26.7 Å². The number of esters is 1. The normalized spacial score (nSPS) is 13.9. The molecular formula is C22H25NO6. The molecule has 0 spiro atoms. The Morgan fingerprint density at radius 2 is 1.55 bits per heavy atom. The molecule has 2 aromatic rings. The number of methoxy groups -OCH3 is 3. The van der Waals surface area contributed by atoms with Crippen LogP contribution >= 0.6 is 0 Å². The minimum absolute atomic E-state index is 0.198. The lowest BCUT2D eigenvalue weighted by molar-refractivity contribution is -0.151. The molecule has 0 aromatic heterocycles. The van der Waals surface area contributed by atoms with Crippen LogP contribution in [0.3, 0.4) is 0 Å².